The molecule has 4 aromatic rings. The number of carboxylic acids is 8. The molecule has 0 unspecified atom stereocenters. The first-order chi connectivity index (χ1) is 44.7. The molecule has 2 aliphatic heterocycles. The Morgan fingerprint density at radius 1 is 0.389 bits per heavy atom. The average Bonchev–Trinajstić information content (AvgIpc) is 1.59. The third kappa shape index (κ3) is 18.8. The van der Waals surface area contributed by atoms with E-state index in [9.17, 15) is 108 Å². The van der Waals surface area contributed by atoms with E-state index in [1.165, 1.54) is 0 Å². The predicted octanol–water partition coefficient (Wildman–Crippen LogP) is 2.15. The number of carbonyl (C=O) groups excluding carboxylic acids is 6. The number of hydrogen-bond donors (Lipinski definition) is 8. The molecule has 0 radical (unpaired) electrons. The molecule has 0 fully saturated rings. The Morgan fingerprint density at radius 3 is 1.15 bits per heavy atom. The number of allylic oxidation sites excluding steroid dienone is 8. The zero-order valence-corrected chi connectivity index (χ0v) is 52.2. The van der Waals surface area contributed by atoms with Gasteiger partial charge in [0.15, 0.2) is 12.3 Å². The maximum Gasteiger partial charge on any atom is 0.323 e. The normalized spacial score (nSPS) is 14.0. The third-order valence-electron chi connectivity index (χ3n) is 15.6. The first-order valence-corrected chi connectivity index (χ1v) is 29.3. The molecule has 0 spiro atoms. The van der Waals surface area contributed by atoms with Crippen molar-refractivity contribution in [2.24, 2.45) is 0 Å². The van der Waals surface area contributed by atoms with Crippen molar-refractivity contribution in [1.82, 2.24) is 29.4 Å². The number of benzene rings is 4. The van der Waals surface area contributed by atoms with Crippen molar-refractivity contribution >= 4 is 122 Å². The Morgan fingerprint density at radius 2 is 0.737 bits per heavy atom. The van der Waals surface area contributed by atoms with E-state index in [2.05, 4.69) is 0 Å². The minimum atomic E-state index is -1.59. The van der Waals surface area contributed by atoms with Crippen LogP contribution in [0.4, 0.5) is 11.4 Å². The maximum absolute atomic E-state index is 14.4. The zero-order valence-electron chi connectivity index (χ0n) is 52.2. The number of amides is 6. The van der Waals surface area contributed by atoms with Gasteiger partial charge in [-0.2, -0.15) is 4.58 Å². The van der Waals surface area contributed by atoms with Crippen molar-refractivity contribution in [2.45, 2.75) is 51.4 Å². The van der Waals surface area contributed by atoms with E-state index in [-0.39, 0.29) is 13.1 Å². The van der Waals surface area contributed by atoms with Gasteiger partial charge in [-0.25, -0.2) is 0 Å². The highest BCUT2D eigenvalue weighted by Crippen LogP contribution is 2.51. The first kappa shape index (κ1) is 72.5. The summed E-state index contributed by atoms with van der Waals surface area (Å²) in [5.74, 6) is -19.3. The minimum absolute atomic E-state index is 0.120. The number of anilines is 1. The monoisotopic (exact) mass is 1320 g/mol. The zero-order chi connectivity index (χ0) is 70.2. The van der Waals surface area contributed by atoms with Crippen LogP contribution in [0.15, 0.2) is 121 Å². The highest BCUT2D eigenvalue weighted by molar-refractivity contribution is 6.08. The second kappa shape index (κ2) is 31.6. The van der Waals surface area contributed by atoms with Gasteiger partial charge >= 0.3 is 47.8 Å². The Hall–Kier alpha value is -11.6. The summed E-state index contributed by atoms with van der Waals surface area (Å²) in [6.07, 6.45) is 11.4. The molecule has 0 saturated heterocycles. The minimum Gasteiger partial charge on any atom is -0.480 e. The molecular formula is C65H71N8O22+. The standard InChI is InChI=1S/C65H70N8O22/c1-64(2)46(72(44-22-20-40-14-10-12-16-42(40)62(44)64)26-24-48(74)66(28-50(76)68(32-54(80)81)33-55(82)83)29-51(77)69(34-56(84)85)35-57(86)87)18-8-6-5-7-9-19-47-65(3,4)63-43-17-13-11-15-41(43)21-23-45(63)73(47)27-25-49(75)67(30-52(78)70(36-58(88)89)37-59(90)91)31-53(79)71(38-60(92)93)39-61(94)95/h5-23H,24-39H2,1-4H3,(H7-,80,81,82,83,84,85,86,87,88,89,90,91,92,93,94,95)/p+1. The maximum atomic E-state index is 14.4. The first-order valence-electron chi connectivity index (χ1n) is 29.3. The van der Waals surface area contributed by atoms with Gasteiger partial charge in [0.1, 0.15) is 78.5 Å². The van der Waals surface area contributed by atoms with Crippen LogP contribution in [-0.2, 0) is 78.0 Å². The van der Waals surface area contributed by atoms with Crippen LogP contribution in [0.1, 0.15) is 51.7 Å². The summed E-state index contributed by atoms with van der Waals surface area (Å²) >= 11 is 0. The molecule has 0 aliphatic carbocycles. The SMILES string of the molecule is CC1(C)C(=CC=CC=CC=CC2=[N+](CCC(=O)N(CC(=O)N(CC(=O)O)CC(=O)O)CC(=O)N(CC(=O)O)CC(=O)O)c3ccc4ccccc4c3C2(C)C)N(CCC(=O)N(CC(=O)N(CC(=O)O)CC(=O)O)CC(=O)N(CC(=O)O)CC(=O)O)c2ccc3ccccc3c21. The quantitative estimate of drug-likeness (QED) is 0.0245. The van der Waals surface area contributed by atoms with Gasteiger partial charge in [0, 0.05) is 47.5 Å². The van der Waals surface area contributed by atoms with Crippen LogP contribution >= 0.6 is 0 Å². The fraction of sp³-hybridized carbons (Fsp3) is 0.338. The second-order valence-electron chi connectivity index (χ2n) is 23.1. The lowest BCUT2D eigenvalue weighted by Gasteiger charge is -2.30. The molecule has 0 aromatic heterocycles. The van der Waals surface area contributed by atoms with Crippen molar-refractivity contribution in [3.05, 3.63) is 132 Å². The molecule has 95 heavy (non-hydrogen) atoms. The van der Waals surface area contributed by atoms with Crippen LogP contribution in [0.2, 0.25) is 0 Å². The molecule has 30 nitrogen and oxygen atoms in total. The Bertz CT molecular complexity index is 3780. The molecule has 8 N–H and O–H groups in total. The van der Waals surface area contributed by atoms with E-state index in [4.69, 9.17) is 0 Å². The van der Waals surface area contributed by atoms with E-state index in [0.29, 0.717) is 52.2 Å². The van der Waals surface area contributed by atoms with Crippen LogP contribution in [0, 0.1) is 0 Å². The molecule has 0 atom stereocenters. The van der Waals surface area contributed by atoms with E-state index >= 15 is 0 Å². The fourth-order valence-corrected chi connectivity index (χ4v) is 11.5. The molecule has 502 valence electrons. The van der Waals surface area contributed by atoms with E-state index in [1.807, 2.05) is 122 Å². The predicted molar refractivity (Wildman–Crippen MR) is 336 cm³/mol. The summed E-state index contributed by atoms with van der Waals surface area (Å²) in [7, 11) is 0. The summed E-state index contributed by atoms with van der Waals surface area (Å²) in [6, 6.07) is 22.7. The number of carboxylic acid groups (broad SMARTS) is 8. The second-order valence-corrected chi connectivity index (χ2v) is 23.1. The number of fused-ring (bicyclic) bond motifs is 6. The van der Waals surface area contributed by atoms with Crippen LogP contribution in [0.3, 0.4) is 0 Å². The van der Waals surface area contributed by atoms with E-state index < -0.39 is 185 Å². The lowest BCUT2D eigenvalue weighted by atomic mass is 9.79. The van der Waals surface area contributed by atoms with Gasteiger partial charge in [-0.1, -0.05) is 98.8 Å². The average molecular weight is 1320 g/mol. The highest BCUT2D eigenvalue weighted by Gasteiger charge is 2.46. The van der Waals surface area contributed by atoms with Gasteiger partial charge in [-0.3, -0.25) is 67.1 Å². The van der Waals surface area contributed by atoms with Crippen molar-refractivity contribution in [3.8, 4) is 0 Å². The van der Waals surface area contributed by atoms with Crippen molar-refractivity contribution in [1.29, 1.82) is 0 Å². The van der Waals surface area contributed by atoms with Gasteiger partial charge in [0.05, 0.1) is 11.8 Å². The fourth-order valence-electron chi connectivity index (χ4n) is 11.5. The number of hydrogen-bond acceptors (Lipinski definition) is 15. The molecule has 4 aromatic carbocycles. The van der Waals surface area contributed by atoms with Crippen LogP contribution < -0.4 is 4.90 Å². The number of carbonyl (C=O) groups is 14. The molecule has 6 rings (SSSR count). The van der Waals surface area contributed by atoms with Gasteiger partial charge < -0.3 is 75.2 Å². The van der Waals surface area contributed by atoms with Gasteiger partial charge in [-0.05, 0) is 59.2 Å². The highest BCUT2D eigenvalue weighted by atomic mass is 16.4. The molecule has 0 bridgehead atoms. The Balaban J connectivity index is 1.34. The summed E-state index contributed by atoms with van der Waals surface area (Å²) in [6.45, 7) is -5.34. The van der Waals surface area contributed by atoms with Crippen LogP contribution in [0.5, 0.6) is 0 Å². The number of rotatable bonds is 34. The van der Waals surface area contributed by atoms with Gasteiger partial charge in [0.25, 0.3) is 0 Å². The lowest BCUT2D eigenvalue weighted by molar-refractivity contribution is -0.436. The number of nitrogens with zero attached hydrogens (tertiary/aromatic N) is 8. The Labute approximate surface area is 542 Å². The largest absolute Gasteiger partial charge is 0.480 e. The van der Waals surface area contributed by atoms with E-state index in [0.717, 1.165) is 32.7 Å². The van der Waals surface area contributed by atoms with Crippen molar-refractivity contribution in [3.63, 3.8) is 0 Å². The summed E-state index contributed by atoms with van der Waals surface area (Å²) < 4.78 is 1.85. The van der Waals surface area contributed by atoms with Crippen LogP contribution in [0.25, 0.3) is 21.5 Å². The molecule has 2 aliphatic rings. The molecule has 0 saturated carbocycles. The Kier molecular flexibility index (Phi) is 24.1. The van der Waals surface area contributed by atoms with Gasteiger partial charge in [-0.15, -0.1) is 0 Å². The topological polar surface area (TPSA) is 427 Å². The molecule has 2 heterocycles. The lowest BCUT2D eigenvalue weighted by Crippen LogP contribution is -2.51. The third-order valence-corrected chi connectivity index (χ3v) is 15.6. The molecule has 30 heteroatoms. The molecule has 6 amide bonds. The molecular weight excluding hydrogens is 1240 g/mol. The van der Waals surface area contributed by atoms with Crippen molar-refractivity contribution in [2.75, 3.05) is 96.5 Å². The van der Waals surface area contributed by atoms with Gasteiger partial charge in [0.2, 0.25) is 41.1 Å². The smallest absolute Gasteiger partial charge is 0.323 e. The number of aliphatic carboxylic acids is 8. The van der Waals surface area contributed by atoms with Crippen LogP contribution in [-0.4, -0.2) is 255 Å². The summed E-state index contributed by atoms with van der Waals surface area (Å²) in [5.41, 5.74) is 2.90. The van der Waals surface area contributed by atoms with E-state index in [1.54, 1.807) is 30.4 Å². The summed E-state index contributed by atoms with van der Waals surface area (Å²) in [5, 5.41) is 79.2. The summed E-state index contributed by atoms with van der Waals surface area (Å²) in [4.78, 5) is 181. The van der Waals surface area contributed by atoms with Crippen molar-refractivity contribution < 1.29 is 113 Å².